The van der Waals surface area contributed by atoms with Gasteiger partial charge in [0.05, 0.1) is 7.11 Å². The third kappa shape index (κ3) is 2.50. The van der Waals surface area contributed by atoms with Gasteiger partial charge in [-0.1, -0.05) is 0 Å². The summed E-state index contributed by atoms with van der Waals surface area (Å²) in [7, 11) is 3.27. The van der Waals surface area contributed by atoms with Crippen LogP contribution in [0.4, 0.5) is 5.95 Å². The van der Waals surface area contributed by atoms with Crippen LogP contribution in [-0.4, -0.2) is 35.2 Å². The molecular formula is C10H16N4O2. The molecule has 1 aliphatic carbocycles. The minimum absolute atomic E-state index is 0.233. The van der Waals surface area contributed by atoms with E-state index in [1.807, 2.05) is 0 Å². The molecule has 16 heavy (non-hydrogen) atoms. The molecule has 0 unspecified atom stereocenters. The number of rotatable bonds is 4. The number of hydrogen-bond donors (Lipinski definition) is 1. The zero-order valence-electron chi connectivity index (χ0n) is 9.56. The summed E-state index contributed by atoms with van der Waals surface area (Å²) in [6.45, 7) is 0. The van der Waals surface area contributed by atoms with Crippen molar-refractivity contribution < 1.29 is 9.47 Å². The zero-order chi connectivity index (χ0) is 11.4. The molecule has 88 valence electrons. The van der Waals surface area contributed by atoms with Gasteiger partial charge in [-0.25, -0.2) is 0 Å². The first-order valence-corrected chi connectivity index (χ1v) is 5.46. The summed E-state index contributed by atoms with van der Waals surface area (Å²) in [5.74, 6) is 0.458. The summed E-state index contributed by atoms with van der Waals surface area (Å²) in [6, 6.07) is 0.607. The van der Waals surface area contributed by atoms with Crippen molar-refractivity contribution in [3.05, 3.63) is 0 Å². The summed E-state index contributed by atoms with van der Waals surface area (Å²) in [4.78, 5) is 12.2. The van der Waals surface area contributed by atoms with Crippen LogP contribution < -0.4 is 14.8 Å². The Kier molecular flexibility index (Phi) is 3.38. The van der Waals surface area contributed by atoms with Gasteiger partial charge in [-0.15, -0.1) is 4.98 Å². The van der Waals surface area contributed by atoms with Crippen molar-refractivity contribution in [3.8, 4) is 12.0 Å². The zero-order valence-corrected chi connectivity index (χ0v) is 9.56. The lowest BCUT2D eigenvalue weighted by molar-refractivity contribution is 0.189. The standard InChI is InChI=1S/C10H16N4O2/c1-11-8-12-9(15-2)14-10(13-8)16-7-5-3-4-6-7/h7H,3-6H2,1-2H3,(H,11,12,13,14). The van der Waals surface area contributed by atoms with Crippen LogP contribution in [0.5, 0.6) is 12.0 Å². The number of hydrogen-bond acceptors (Lipinski definition) is 6. The molecule has 2 rings (SSSR count). The molecule has 0 bridgehead atoms. The first-order chi connectivity index (χ1) is 7.81. The van der Waals surface area contributed by atoms with E-state index in [2.05, 4.69) is 20.3 Å². The number of methoxy groups -OCH3 is 1. The Morgan fingerprint density at radius 1 is 1.12 bits per heavy atom. The van der Waals surface area contributed by atoms with Crippen LogP contribution in [0.3, 0.4) is 0 Å². The van der Waals surface area contributed by atoms with E-state index in [-0.39, 0.29) is 12.1 Å². The van der Waals surface area contributed by atoms with Gasteiger partial charge in [0.2, 0.25) is 5.95 Å². The molecule has 6 heteroatoms. The molecule has 0 aromatic carbocycles. The van der Waals surface area contributed by atoms with Crippen molar-refractivity contribution in [3.63, 3.8) is 0 Å². The lowest BCUT2D eigenvalue weighted by atomic mass is 10.3. The highest BCUT2D eigenvalue weighted by molar-refractivity contribution is 5.26. The van der Waals surface area contributed by atoms with Gasteiger partial charge in [-0.3, -0.25) is 0 Å². The third-order valence-corrected chi connectivity index (χ3v) is 2.57. The van der Waals surface area contributed by atoms with Gasteiger partial charge >= 0.3 is 12.0 Å². The molecule has 0 aliphatic heterocycles. The minimum Gasteiger partial charge on any atom is -0.467 e. The van der Waals surface area contributed by atoms with Crippen LogP contribution in [0, 0.1) is 0 Å². The second-order valence-corrected chi connectivity index (χ2v) is 3.70. The normalized spacial score (nSPS) is 16.1. The Morgan fingerprint density at radius 2 is 1.81 bits per heavy atom. The summed E-state index contributed by atoms with van der Waals surface area (Å²) in [5, 5.41) is 2.84. The number of nitrogens with zero attached hydrogens (tertiary/aromatic N) is 3. The van der Waals surface area contributed by atoms with Gasteiger partial charge in [-0.2, -0.15) is 9.97 Å². The molecule has 0 saturated heterocycles. The van der Waals surface area contributed by atoms with Crippen LogP contribution >= 0.6 is 0 Å². The van der Waals surface area contributed by atoms with Crippen LogP contribution in [0.15, 0.2) is 0 Å². The lowest BCUT2D eigenvalue weighted by Gasteiger charge is -2.11. The second kappa shape index (κ2) is 4.96. The highest BCUT2D eigenvalue weighted by atomic mass is 16.5. The average Bonchev–Trinajstić information content (AvgIpc) is 2.81. The van der Waals surface area contributed by atoms with Crippen molar-refractivity contribution in [1.82, 2.24) is 15.0 Å². The van der Waals surface area contributed by atoms with Crippen LogP contribution in [0.2, 0.25) is 0 Å². The summed E-state index contributed by atoms with van der Waals surface area (Å²) in [6.07, 6.45) is 4.81. The van der Waals surface area contributed by atoms with Gasteiger partial charge in [0, 0.05) is 7.05 Å². The fraction of sp³-hybridized carbons (Fsp3) is 0.700. The largest absolute Gasteiger partial charge is 0.467 e. The molecule has 1 aliphatic rings. The van der Waals surface area contributed by atoms with E-state index in [4.69, 9.17) is 9.47 Å². The topological polar surface area (TPSA) is 69.2 Å². The molecule has 0 atom stereocenters. The molecule has 1 saturated carbocycles. The Bertz CT molecular complexity index is 330. The van der Waals surface area contributed by atoms with E-state index in [0.29, 0.717) is 12.0 Å². The van der Waals surface area contributed by atoms with Gasteiger partial charge < -0.3 is 14.8 Å². The van der Waals surface area contributed by atoms with Crippen molar-refractivity contribution in [2.45, 2.75) is 31.8 Å². The summed E-state index contributed by atoms with van der Waals surface area (Å²) in [5.41, 5.74) is 0. The van der Waals surface area contributed by atoms with Gasteiger partial charge in [0.15, 0.2) is 0 Å². The van der Waals surface area contributed by atoms with Gasteiger partial charge in [-0.05, 0) is 25.7 Å². The molecule has 1 heterocycles. The molecule has 1 aromatic rings. The van der Waals surface area contributed by atoms with Crippen molar-refractivity contribution in [2.24, 2.45) is 0 Å². The van der Waals surface area contributed by atoms with Crippen LogP contribution in [-0.2, 0) is 0 Å². The maximum Gasteiger partial charge on any atom is 0.324 e. The fourth-order valence-corrected chi connectivity index (χ4v) is 1.75. The lowest BCUT2D eigenvalue weighted by Crippen LogP contribution is -2.14. The molecule has 0 radical (unpaired) electrons. The van der Waals surface area contributed by atoms with Crippen molar-refractivity contribution in [1.29, 1.82) is 0 Å². The smallest absolute Gasteiger partial charge is 0.324 e. The fourth-order valence-electron chi connectivity index (χ4n) is 1.75. The average molecular weight is 224 g/mol. The predicted octanol–water partition coefficient (Wildman–Crippen LogP) is 1.24. The van der Waals surface area contributed by atoms with E-state index in [9.17, 15) is 0 Å². The molecule has 1 fully saturated rings. The first kappa shape index (κ1) is 10.9. The van der Waals surface area contributed by atoms with Gasteiger partial charge in [0.25, 0.3) is 0 Å². The first-order valence-electron chi connectivity index (χ1n) is 5.46. The van der Waals surface area contributed by atoms with Crippen LogP contribution in [0.25, 0.3) is 0 Å². The Labute approximate surface area is 94.4 Å². The van der Waals surface area contributed by atoms with E-state index in [0.717, 1.165) is 12.8 Å². The molecular weight excluding hydrogens is 208 g/mol. The van der Waals surface area contributed by atoms with Gasteiger partial charge in [0.1, 0.15) is 6.10 Å². The molecule has 1 N–H and O–H groups in total. The number of ether oxygens (including phenoxy) is 2. The van der Waals surface area contributed by atoms with E-state index in [1.165, 1.54) is 20.0 Å². The Hall–Kier alpha value is -1.59. The van der Waals surface area contributed by atoms with Crippen molar-refractivity contribution >= 4 is 5.95 Å². The van der Waals surface area contributed by atoms with Crippen molar-refractivity contribution in [2.75, 3.05) is 19.5 Å². The molecule has 0 amide bonds. The highest BCUT2D eigenvalue weighted by Gasteiger charge is 2.18. The summed E-state index contributed by atoms with van der Waals surface area (Å²) >= 11 is 0. The maximum absolute atomic E-state index is 5.68. The van der Waals surface area contributed by atoms with E-state index in [1.54, 1.807) is 7.05 Å². The quantitative estimate of drug-likeness (QED) is 0.829. The van der Waals surface area contributed by atoms with E-state index < -0.39 is 0 Å². The number of aromatic nitrogens is 3. The molecule has 1 aromatic heterocycles. The third-order valence-electron chi connectivity index (χ3n) is 2.57. The maximum atomic E-state index is 5.68. The summed E-state index contributed by atoms with van der Waals surface area (Å²) < 4.78 is 10.7. The number of nitrogens with one attached hydrogen (secondary N) is 1. The monoisotopic (exact) mass is 224 g/mol. The van der Waals surface area contributed by atoms with E-state index >= 15 is 0 Å². The molecule has 0 spiro atoms. The minimum atomic E-state index is 0.233. The Morgan fingerprint density at radius 3 is 2.44 bits per heavy atom. The SMILES string of the molecule is CNc1nc(OC)nc(OC2CCCC2)n1. The highest BCUT2D eigenvalue weighted by Crippen LogP contribution is 2.23. The Balaban J connectivity index is 2.12. The predicted molar refractivity (Wildman–Crippen MR) is 58.8 cm³/mol. The molecule has 6 nitrogen and oxygen atoms in total. The number of anilines is 1. The second-order valence-electron chi connectivity index (χ2n) is 3.70. The van der Waals surface area contributed by atoms with Crippen LogP contribution in [0.1, 0.15) is 25.7 Å².